The molecule has 0 saturated carbocycles. The maximum Gasteiger partial charge on any atom is 0.242 e. The number of benzene rings is 2. The molecule has 6 heteroatoms. The Bertz CT molecular complexity index is 811. The van der Waals surface area contributed by atoms with Crippen LogP contribution in [0.4, 0.5) is 0 Å². The van der Waals surface area contributed by atoms with Gasteiger partial charge < -0.3 is 10.2 Å². The Balaban J connectivity index is 2.04. The Morgan fingerprint density at radius 2 is 1.90 bits per heavy atom. The van der Waals surface area contributed by atoms with E-state index in [1.54, 1.807) is 23.6 Å². The summed E-state index contributed by atoms with van der Waals surface area (Å²) in [5.41, 5.74) is 2.16. The molecule has 0 saturated heterocycles. The third kappa shape index (κ3) is 7.75. The van der Waals surface area contributed by atoms with Crippen LogP contribution in [0.25, 0.3) is 0 Å². The molecule has 0 spiro atoms. The first kappa shape index (κ1) is 23.3. The number of nitrogens with one attached hydrogen (secondary N) is 1. The largest absolute Gasteiger partial charge is 0.354 e. The number of carbonyl (C=O) groups is 2. The van der Waals surface area contributed by atoms with E-state index >= 15 is 0 Å². The molecule has 156 valence electrons. The van der Waals surface area contributed by atoms with Crippen LogP contribution in [0.15, 0.2) is 53.4 Å². The fourth-order valence-electron chi connectivity index (χ4n) is 2.92. The monoisotopic (exact) mass is 432 g/mol. The van der Waals surface area contributed by atoms with E-state index in [4.69, 9.17) is 11.6 Å². The van der Waals surface area contributed by atoms with Crippen LogP contribution in [0.5, 0.6) is 0 Å². The molecular weight excluding hydrogens is 404 g/mol. The van der Waals surface area contributed by atoms with Gasteiger partial charge in [-0.2, -0.15) is 0 Å². The van der Waals surface area contributed by atoms with Gasteiger partial charge in [0.05, 0.1) is 0 Å². The predicted molar refractivity (Wildman–Crippen MR) is 121 cm³/mol. The van der Waals surface area contributed by atoms with Gasteiger partial charge in [0.15, 0.2) is 0 Å². The minimum atomic E-state index is -0.518. The summed E-state index contributed by atoms with van der Waals surface area (Å²) in [6.07, 6.45) is 1.23. The van der Waals surface area contributed by atoms with Crippen molar-refractivity contribution in [3.8, 4) is 0 Å². The van der Waals surface area contributed by atoms with Gasteiger partial charge in [-0.05, 0) is 50.1 Å². The molecule has 0 aliphatic heterocycles. The number of halogens is 1. The van der Waals surface area contributed by atoms with Crippen molar-refractivity contribution in [3.63, 3.8) is 0 Å². The van der Waals surface area contributed by atoms with Crippen LogP contribution < -0.4 is 5.32 Å². The molecule has 2 rings (SSSR count). The highest BCUT2D eigenvalue weighted by Gasteiger charge is 2.25. The summed E-state index contributed by atoms with van der Waals surface area (Å²) in [6.45, 7) is 6.87. The molecule has 0 heterocycles. The smallest absolute Gasteiger partial charge is 0.242 e. The SMILES string of the molecule is CCCNC(=O)[C@@H](C)N(Cc1cccc(C)c1)C(=O)CCSc1ccc(Cl)cc1. The standard InChI is InChI=1S/C23H29ClN2O2S/c1-4-13-25-23(28)18(3)26(16-19-7-5-6-17(2)15-19)22(27)12-14-29-21-10-8-20(24)9-11-21/h5-11,15,18H,4,12-14,16H2,1-3H3,(H,25,28)/t18-/m1/s1. The molecule has 0 unspecified atom stereocenters. The van der Waals surface area contributed by atoms with Crippen LogP contribution in [0, 0.1) is 6.92 Å². The van der Waals surface area contributed by atoms with E-state index in [1.165, 1.54) is 0 Å². The Labute approximate surface area is 183 Å². The lowest BCUT2D eigenvalue weighted by atomic mass is 10.1. The Hall–Kier alpha value is -1.98. The fraction of sp³-hybridized carbons (Fsp3) is 0.391. The highest BCUT2D eigenvalue weighted by Crippen LogP contribution is 2.22. The molecule has 4 nitrogen and oxygen atoms in total. The first-order chi connectivity index (χ1) is 13.9. The lowest BCUT2D eigenvalue weighted by molar-refractivity contribution is -0.140. The van der Waals surface area contributed by atoms with Gasteiger partial charge in [-0.3, -0.25) is 9.59 Å². The molecule has 1 N–H and O–H groups in total. The second-order valence-electron chi connectivity index (χ2n) is 7.03. The van der Waals surface area contributed by atoms with Gasteiger partial charge in [-0.25, -0.2) is 0 Å². The summed E-state index contributed by atoms with van der Waals surface area (Å²) in [7, 11) is 0. The third-order valence-corrected chi connectivity index (χ3v) is 5.82. The van der Waals surface area contributed by atoms with Crippen LogP contribution >= 0.6 is 23.4 Å². The first-order valence-electron chi connectivity index (χ1n) is 9.91. The third-order valence-electron chi connectivity index (χ3n) is 4.55. The summed E-state index contributed by atoms with van der Waals surface area (Å²) in [5.74, 6) is 0.513. The Kier molecular flexibility index (Phi) is 9.55. The summed E-state index contributed by atoms with van der Waals surface area (Å²) < 4.78 is 0. The zero-order valence-corrected chi connectivity index (χ0v) is 18.9. The van der Waals surface area contributed by atoms with E-state index in [2.05, 4.69) is 11.4 Å². The van der Waals surface area contributed by atoms with Crippen LogP contribution in [-0.4, -0.2) is 35.1 Å². The lowest BCUT2D eigenvalue weighted by Gasteiger charge is -2.29. The molecule has 2 aromatic carbocycles. The summed E-state index contributed by atoms with van der Waals surface area (Å²) in [6, 6.07) is 15.1. The molecular formula is C23H29ClN2O2S. The number of carbonyl (C=O) groups excluding carboxylic acids is 2. The lowest BCUT2D eigenvalue weighted by Crippen LogP contribution is -2.47. The van der Waals surface area contributed by atoms with Gasteiger partial charge in [0.1, 0.15) is 6.04 Å². The van der Waals surface area contributed by atoms with Gasteiger partial charge in [-0.15, -0.1) is 11.8 Å². The molecule has 29 heavy (non-hydrogen) atoms. The normalized spacial score (nSPS) is 11.7. The highest BCUT2D eigenvalue weighted by atomic mass is 35.5. The average Bonchev–Trinajstić information content (AvgIpc) is 2.71. The fourth-order valence-corrected chi connectivity index (χ4v) is 3.88. The van der Waals surface area contributed by atoms with E-state index in [9.17, 15) is 9.59 Å². The van der Waals surface area contributed by atoms with E-state index in [0.29, 0.717) is 30.3 Å². The number of thioether (sulfide) groups is 1. The predicted octanol–water partition coefficient (Wildman–Crippen LogP) is 5.07. The van der Waals surface area contributed by atoms with Crippen molar-refractivity contribution in [3.05, 3.63) is 64.7 Å². The molecule has 1 atom stereocenters. The maximum absolute atomic E-state index is 13.0. The number of amides is 2. The number of rotatable bonds is 10. The van der Waals surface area contributed by atoms with Crippen molar-refractivity contribution in [1.82, 2.24) is 10.2 Å². The Morgan fingerprint density at radius 3 is 2.55 bits per heavy atom. The molecule has 2 aromatic rings. The maximum atomic E-state index is 13.0. The topological polar surface area (TPSA) is 49.4 Å². The summed E-state index contributed by atoms with van der Waals surface area (Å²) >= 11 is 7.53. The number of nitrogens with zero attached hydrogens (tertiary/aromatic N) is 1. The van der Waals surface area contributed by atoms with E-state index in [-0.39, 0.29) is 11.8 Å². The molecule has 0 radical (unpaired) electrons. The zero-order valence-electron chi connectivity index (χ0n) is 17.3. The number of hydrogen-bond donors (Lipinski definition) is 1. The highest BCUT2D eigenvalue weighted by molar-refractivity contribution is 7.99. The number of hydrogen-bond acceptors (Lipinski definition) is 3. The van der Waals surface area contributed by atoms with Gasteiger partial charge in [-0.1, -0.05) is 48.4 Å². The van der Waals surface area contributed by atoms with Crippen LogP contribution in [-0.2, 0) is 16.1 Å². The second-order valence-corrected chi connectivity index (χ2v) is 8.63. The molecule has 0 fully saturated rings. The van der Waals surface area contributed by atoms with Gasteiger partial charge in [0, 0.05) is 35.2 Å². The van der Waals surface area contributed by atoms with Gasteiger partial charge in [0.25, 0.3) is 0 Å². The number of aryl methyl sites for hydroxylation is 1. The minimum Gasteiger partial charge on any atom is -0.354 e. The second kappa shape index (κ2) is 11.9. The van der Waals surface area contributed by atoms with E-state index in [0.717, 1.165) is 22.4 Å². The van der Waals surface area contributed by atoms with Crippen LogP contribution in [0.2, 0.25) is 5.02 Å². The van der Waals surface area contributed by atoms with Crippen molar-refractivity contribution >= 4 is 35.2 Å². The molecule has 0 bridgehead atoms. The zero-order chi connectivity index (χ0) is 21.2. The van der Waals surface area contributed by atoms with Gasteiger partial charge in [0.2, 0.25) is 11.8 Å². The van der Waals surface area contributed by atoms with Crippen molar-refractivity contribution in [1.29, 1.82) is 0 Å². The van der Waals surface area contributed by atoms with Crippen LogP contribution in [0.3, 0.4) is 0 Å². The Morgan fingerprint density at radius 1 is 1.17 bits per heavy atom. The van der Waals surface area contributed by atoms with E-state index in [1.807, 2.05) is 56.3 Å². The van der Waals surface area contributed by atoms with Crippen molar-refractivity contribution in [2.24, 2.45) is 0 Å². The molecule has 0 aliphatic carbocycles. The van der Waals surface area contributed by atoms with Crippen molar-refractivity contribution in [2.75, 3.05) is 12.3 Å². The summed E-state index contributed by atoms with van der Waals surface area (Å²) in [4.78, 5) is 28.3. The van der Waals surface area contributed by atoms with Crippen molar-refractivity contribution in [2.45, 2.75) is 51.1 Å². The molecule has 2 amide bonds. The quantitative estimate of drug-likeness (QED) is 0.533. The minimum absolute atomic E-state index is 0.0212. The van der Waals surface area contributed by atoms with Crippen molar-refractivity contribution < 1.29 is 9.59 Å². The molecule has 0 aromatic heterocycles. The van der Waals surface area contributed by atoms with Crippen LogP contribution in [0.1, 0.15) is 37.8 Å². The summed E-state index contributed by atoms with van der Waals surface area (Å²) in [5, 5.41) is 3.60. The van der Waals surface area contributed by atoms with E-state index < -0.39 is 6.04 Å². The molecule has 0 aliphatic rings. The average molecular weight is 433 g/mol. The van der Waals surface area contributed by atoms with Gasteiger partial charge >= 0.3 is 0 Å². The first-order valence-corrected chi connectivity index (χ1v) is 11.3.